The van der Waals surface area contributed by atoms with Gasteiger partial charge in [0.05, 0.1) is 23.3 Å². The number of ether oxygens (including phenoxy) is 1. The molecule has 7 heteroatoms. The summed E-state index contributed by atoms with van der Waals surface area (Å²) < 4.78 is 5.87. The summed E-state index contributed by atoms with van der Waals surface area (Å²) in [7, 11) is 0. The molecule has 32 heavy (non-hydrogen) atoms. The van der Waals surface area contributed by atoms with Gasteiger partial charge in [0.2, 0.25) is 5.88 Å². The molecule has 166 valence electrons. The lowest BCUT2D eigenvalue weighted by Gasteiger charge is -2.31. The Kier molecular flexibility index (Phi) is 6.31. The zero-order valence-electron chi connectivity index (χ0n) is 18.2. The third-order valence-electron chi connectivity index (χ3n) is 5.50. The number of nitrogens with one attached hydrogen (secondary N) is 1. The van der Waals surface area contributed by atoms with Crippen LogP contribution in [0.5, 0.6) is 5.88 Å². The number of hydrogen-bond donors (Lipinski definition) is 1. The SMILES string of the molecule is CC(C)(C)c1ccc(C2c3cccnc3OCCN2C(=O)Nc2ccc(Cl)cc2Cl)cc1. The molecule has 0 spiro atoms. The van der Waals surface area contributed by atoms with Crippen LogP contribution in [-0.4, -0.2) is 29.1 Å². The Bertz CT molecular complexity index is 1130. The van der Waals surface area contributed by atoms with Crippen LogP contribution in [0.2, 0.25) is 10.0 Å². The number of carbonyl (C=O) groups is 1. The smallest absolute Gasteiger partial charge is 0.322 e. The van der Waals surface area contributed by atoms with E-state index in [1.165, 1.54) is 5.56 Å². The number of amides is 2. The number of hydrogen-bond acceptors (Lipinski definition) is 3. The highest BCUT2D eigenvalue weighted by Gasteiger charge is 2.32. The summed E-state index contributed by atoms with van der Waals surface area (Å²) in [6.45, 7) is 7.25. The number of nitrogens with zero attached hydrogens (tertiary/aromatic N) is 2. The molecule has 1 atom stereocenters. The van der Waals surface area contributed by atoms with Gasteiger partial charge in [0.15, 0.2) is 0 Å². The number of carbonyl (C=O) groups excluding carboxylic acids is 1. The summed E-state index contributed by atoms with van der Waals surface area (Å²) in [5.74, 6) is 0.539. The molecule has 0 saturated carbocycles. The number of benzene rings is 2. The predicted molar refractivity (Wildman–Crippen MR) is 129 cm³/mol. The van der Waals surface area contributed by atoms with Crippen molar-refractivity contribution in [2.75, 3.05) is 18.5 Å². The van der Waals surface area contributed by atoms with Crippen LogP contribution in [0.1, 0.15) is 43.5 Å². The van der Waals surface area contributed by atoms with E-state index in [2.05, 4.69) is 55.3 Å². The lowest BCUT2D eigenvalue weighted by molar-refractivity contribution is 0.189. The van der Waals surface area contributed by atoms with Crippen molar-refractivity contribution in [2.24, 2.45) is 0 Å². The van der Waals surface area contributed by atoms with E-state index in [1.807, 2.05) is 12.1 Å². The topological polar surface area (TPSA) is 54.5 Å². The fraction of sp³-hybridized carbons (Fsp3) is 0.280. The minimum Gasteiger partial charge on any atom is -0.476 e. The van der Waals surface area contributed by atoms with Crippen molar-refractivity contribution in [3.05, 3.63) is 87.5 Å². The maximum Gasteiger partial charge on any atom is 0.322 e. The van der Waals surface area contributed by atoms with Gasteiger partial charge in [0.25, 0.3) is 0 Å². The van der Waals surface area contributed by atoms with Gasteiger partial charge in [-0.2, -0.15) is 0 Å². The van der Waals surface area contributed by atoms with Gasteiger partial charge in [0.1, 0.15) is 6.61 Å². The second-order valence-electron chi connectivity index (χ2n) is 8.77. The van der Waals surface area contributed by atoms with Crippen LogP contribution in [0.15, 0.2) is 60.8 Å². The first kappa shape index (κ1) is 22.4. The Labute approximate surface area is 198 Å². The molecule has 0 bridgehead atoms. The molecule has 2 amide bonds. The molecule has 1 aliphatic heterocycles. The quantitative estimate of drug-likeness (QED) is 0.453. The average molecular weight is 470 g/mol. The van der Waals surface area contributed by atoms with E-state index in [1.54, 1.807) is 29.3 Å². The summed E-state index contributed by atoms with van der Waals surface area (Å²) in [6.07, 6.45) is 1.70. The number of pyridine rings is 1. The van der Waals surface area contributed by atoms with E-state index >= 15 is 0 Å². The van der Waals surface area contributed by atoms with Gasteiger partial charge >= 0.3 is 6.03 Å². The highest BCUT2D eigenvalue weighted by atomic mass is 35.5. The average Bonchev–Trinajstić information content (AvgIpc) is 2.95. The van der Waals surface area contributed by atoms with Crippen LogP contribution < -0.4 is 10.1 Å². The van der Waals surface area contributed by atoms with Crippen LogP contribution >= 0.6 is 23.2 Å². The van der Waals surface area contributed by atoms with Gasteiger partial charge < -0.3 is 15.0 Å². The number of fused-ring (bicyclic) bond motifs is 1. The molecular weight excluding hydrogens is 445 g/mol. The second kappa shape index (κ2) is 9.00. The first-order valence-corrected chi connectivity index (χ1v) is 11.2. The van der Waals surface area contributed by atoms with Crippen molar-refractivity contribution in [3.8, 4) is 5.88 Å². The summed E-state index contributed by atoms with van der Waals surface area (Å²) >= 11 is 12.3. The molecule has 1 aliphatic rings. The maximum absolute atomic E-state index is 13.4. The van der Waals surface area contributed by atoms with Gasteiger partial charge in [-0.1, -0.05) is 68.2 Å². The van der Waals surface area contributed by atoms with Crippen molar-refractivity contribution < 1.29 is 9.53 Å². The number of aromatic nitrogens is 1. The van der Waals surface area contributed by atoms with Gasteiger partial charge in [-0.25, -0.2) is 9.78 Å². The molecule has 0 fully saturated rings. The number of halogens is 2. The van der Waals surface area contributed by atoms with Crippen molar-refractivity contribution in [1.29, 1.82) is 0 Å². The molecule has 0 radical (unpaired) electrons. The monoisotopic (exact) mass is 469 g/mol. The lowest BCUT2D eigenvalue weighted by atomic mass is 9.85. The highest BCUT2D eigenvalue weighted by molar-refractivity contribution is 6.36. The minimum absolute atomic E-state index is 0.0347. The lowest BCUT2D eigenvalue weighted by Crippen LogP contribution is -2.39. The highest BCUT2D eigenvalue weighted by Crippen LogP contribution is 2.37. The van der Waals surface area contributed by atoms with Crippen molar-refractivity contribution >= 4 is 34.9 Å². The van der Waals surface area contributed by atoms with Crippen LogP contribution in [0, 0.1) is 0 Å². The van der Waals surface area contributed by atoms with E-state index < -0.39 is 0 Å². The third-order valence-corrected chi connectivity index (χ3v) is 6.05. The first-order chi connectivity index (χ1) is 15.2. The molecule has 0 aliphatic carbocycles. The fourth-order valence-corrected chi connectivity index (χ4v) is 4.25. The minimum atomic E-state index is -0.360. The largest absolute Gasteiger partial charge is 0.476 e. The van der Waals surface area contributed by atoms with E-state index in [0.717, 1.165) is 11.1 Å². The summed E-state index contributed by atoms with van der Waals surface area (Å²) in [5.41, 5.74) is 3.58. The second-order valence-corrected chi connectivity index (χ2v) is 9.61. The van der Waals surface area contributed by atoms with Gasteiger partial charge in [-0.3, -0.25) is 0 Å². The fourth-order valence-electron chi connectivity index (χ4n) is 3.79. The molecule has 5 nitrogen and oxygen atoms in total. The number of anilines is 1. The van der Waals surface area contributed by atoms with E-state index in [-0.39, 0.29) is 17.5 Å². The predicted octanol–water partition coefficient (Wildman–Crippen LogP) is 6.70. The Morgan fingerprint density at radius 3 is 2.56 bits per heavy atom. The molecule has 2 heterocycles. The zero-order valence-corrected chi connectivity index (χ0v) is 19.7. The Morgan fingerprint density at radius 1 is 1.12 bits per heavy atom. The Hall–Kier alpha value is -2.76. The van der Waals surface area contributed by atoms with Gasteiger partial charge in [-0.05, 0) is 46.9 Å². The first-order valence-electron chi connectivity index (χ1n) is 10.4. The molecule has 1 aromatic heterocycles. The van der Waals surface area contributed by atoms with Crippen molar-refractivity contribution in [2.45, 2.75) is 32.2 Å². The van der Waals surface area contributed by atoms with Gasteiger partial charge in [0, 0.05) is 16.8 Å². The normalized spacial score (nSPS) is 16.0. The van der Waals surface area contributed by atoms with E-state index in [9.17, 15) is 4.79 Å². The standard InChI is InChI=1S/C25H25Cl2N3O2/c1-25(2,3)17-8-6-16(7-9-17)22-19-5-4-12-28-23(19)32-14-13-30(22)24(31)29-21-11-10-18(26)15-20(21)27/h4-12,15,22H,13-14H2,1-3H3,(H,29,31). The van der Waals surface area contributed by atoms with Crippen LogP contribution in [0.25, 0.3) is 0 Å². The number of rotatable bonds is 2. The summed E-state index contributed by atoms with van der Waals surface area (Å²) in [6, 6.07) is 16.5. The van der Waals surface area contributed by atoms with Crippen LogP contribution in [0.4, 0.5) is 10.5 Å². The third kappa shape index (κ3) is 4.69. The van der Waals surface area contributed by atoms with Crippen LogP contribution in [-0.2, 0) is 5.41 Å². The van der Waals surface area contributed by atoms with E-state index in [4.69, 9.17) is 27.9 Å². The summed E-state index contributed by atoms with van der Waals surface area (Å²) in [4.78, 5) is 19.6. The molecule has 1 unspecified atom stereocenters. The molecular formula is C25H25Cl2N3O2. The zero-order chi connectivity index (χ0) is 22.9. The van der Waals surface area contributed by atoms with Crippen LogP contribution in [0.3, 0.4) is 0 Å². The van der Waals surface area contributed by atoms with E-state index in [0.29, 0.717) is 34.8 Å². The summed E-state index contributed by atoms with van der Waals surface area (Å²) in [5, 5.41) is 3.81. The Balaban J connectivity index is 1.73. The molecule has 2 aromatic carbocycles. The number of urea groups is 1. The Morgan fingerprint density at radius 2 is 1.88 bits per heavy atom. The van der Waals surface area contributed by atoms with Crippen molar-refractivity contribution in [3.63, 3.8) is 0 Å². The molecule has 3 aromatic rings. The molecule has 0 saturated heterocycles. The molecule has 4 rings (SSSR count). The van der Waals surface area contributed by atoms with Crippen molar-refractivity contribution in [1.82, 2.24) is 9.88 Å². The van der Waals surface area contributed by atoms with Gasteiger partial charge in [-0.15, -0.1) is 0 Å². The molecule has 1 N–H and O–H groups in total. The maximum atomic E-state index is 13.4.